The molecule has 0 aromatic rings. The van der Waals surface area contributed by atoms with Crippen molar-refractivity contribution in [2.75, 3.05) is 19.6 Å². The molecule has 0 atom stereocenters. The highest BCUT2D eigenvalue weighted by atomic mass is 19.5. The lowest BCUT2D eigenvalue weighted by molar-refractivity contribution is -0.907. The van der Waals surface area contributed by atoms with E-state index in [1.54, 1.807) is 0 Å². The number of hydrogen-bond donors (Lipinski definition) is 1. The molecule has 6 heteroatoms. The van der Waals surface area contributed by atoms with Crippen LogP contribution in [0, 0.1) is 5.92 Å². The van der Waals surface area contributed by atoms with Crippen LogP contribution in [0.2, 0.25) is 0 Å². The summed E-state index contributed by atoms with van der Waals surface area (Å²) in [4.78, 5) is 1.83. The van der Waals surface area contributed by atoms with E-state index in [1.165, 1.54) is 38.9 Å². The van der Waals surface area contributed by atoms with Gasteiger partial charge in [-0.25, -0.2) is 0 Å². The molecule has 1 nitrogen and oxygen atoms in total. The summed E-state index contributed by atoms with van der Waals surface area (Å²) in [7, 11) is -6.00. The monoisotopic (exact) mass is 229 g/mol. The fourth-order valence-corrected chi connectivity index (χ4v) is 1.83. The third kappa shape index (κ3) is 13.7. The van der Waals surface area contributed by atoms with Crippen molar-refractivity contribution in [3.63, 3.8) is 0 Å². The lowest BCUT2D eigenvalue weighted by Crippen LogP contribution is -3.13. The number of likely N-dealkylation sites (tertiary alicyclic amines) is 1. The molecule has 1 N–H and O–H groups in total. The molecule has 1 rings (SSSR count). The molecule has 15 heavy (non-hydrogen) atoms. The molecule has 0 aliphatic carbocycles. The zero-order chi connectivity index (χ0) is 11.9. The molecule has 0 radical (unpaired) electrons. The zero-order valence-electron chi connectivity index (χ0n) is 9.41. The summed E-state index contributed by atoms with van der Waals surface area (Å²) < 4.78 is 39.0. The van der Waals surface area contributed by atoms with Crippen LogP contribution in [0.3, 0.4) is 0 Å². The van der Waals surface area contributed by atoms with Gasteiger partial charge >= 0.3 is 7.25 Å². The Hall–Kier alpha value is -0.255. The second kappa shape index (κ2) is 7.09. The third-order valence-electron chi connectivity index (χ3n) is 2.26. The largest absolute Gasteiger partial charge is 0.673 e. The molecule has 1 aliphatic rings. The summed E-state index contributed by atoms with van der Waals surface area (Å²) in [5.74, 6) is 0.882. The minimum atomic E-state index is -6.00. The van der Waals surface area contributed by atoms with Crippen molar-refractivity contribution in [3.05, 3.63) is 0 Å². The molecule has 92 valence electrons. The van der Waals surface area contributed by atoms with Gasteiger partial charge in [-0.2, -0.15) is 0 Å². The molecule has 0 aromatic heterocycles. The van der Waals surface area contributed by atoms with E-state index in [0.717, 1.165) is 5.92 Å². The maximum Gasteiger partial charge on any atom is 0.673 e. The number of rotatable bonds is 2. The van der Waals surface area contributed by atoms with Gasteiger partial charge < -0.3 is 22.2 Å². The lowest BCUT2D eigenvalue weighted by atomic mass is 10.1. The smallest absolute Gasteiger partial charge is 0.418 e. The normalized spacial score (nSPS) is 18.6. The van der Waals surface area contributed by atoms with Crippen LogP contribution in [0.5, 0.6) is 0 Å². The van der Waals surface area contributed by atoms with E-state index in [-0.39, 0.29) is 0 Å². The first kappa shape index (κ1) is 14.7. The van der Waals surface area contributed by atoms with Crippen molar-refractivity contribution in [1.29, 1.82) is 0 Å². The van der Waals surface area contributed by atoms with Gasteiger partial charge in [-0.3, -0.25) is 0 Å². The maximum absolute atomic E-state index is 9.75. The molecule has 0 amide bonds. The SMILES string of the molecule is CC(C)C[NH+]1CCCCC1.F[B-](F)(F)F. The minimum Gasteiger partial charge on any atom is -0.418 e. The summed E-state index contributed by atoms with van der Waals surface area (Å²) in [6, 6.07) is 0. The summed E-state index contributed by atoms with van der Waals surface area (Å²) in [6.45, 7) is 8.89. The first-order chi connectivity index (χ1) is 6.79. The quantitative estimate of drug-likeness (QED) is 0.545. The minimum absolute atomic E-state index is 0.882. The lowest BCUT2D eigenvalue weighted by Gasteiger charge is -2.24. The van der Waals surface area contributed by atoms with Crippen LogP contribution in [0.1, 0.15) is 33.1 Å². The predicted molar refractivity (Wildman–Crippen MR) is 54.4 cm³/mol. The van der Waals surface area contributed by atoms with Crippen molar-refractivity contribution >= 4 is 7.25 Å². The molecule has 0 bridgehead atoms. The van der Waals surface area contributed by atoms with E-state index in [2.05, 4.69) is 13.8 Å². The van der Waals surface area contributed by atoms with E-state index in [1.807, 2.05) is 4.90 Å². The van der Waals surface area contributed by atoms with Crippen molar-refractivity contribution in [2.24, 2.45) is 5.92 Å². The van der Waals surface area contributed by atoms with Gasteiger partial charge in [-0.15, -0.1) is 0 Å². The summed E-state index contributed by atoms with van der Waals surface area (Å²) in [5.41, 5.74) is 0. The van der Waals surface area contributed by atoms with Crippen LogP contribution in [-0.4, -0.2) is 26.9 Å². The van der Waals surface area contributed by atoms with E-state index in [4.69, 9.17) is 0 Å². The number of piperidine rings is 1. The zero-order valence-corrected chi connectivity index (χ0v) is 9.41. The van der Waals surface area contributed by atoms with Gasteiger partial charge in [0.05, 0.1) is 19.6 Å². The number of quaternary nitrogens is 1. The van der Waals surface area contributed by atoms with Gasteiger partial charge in [0, 0.05) is 5.92 Å². The molecule has 0 unspecified atom stereocenters. The Bertz CT molecular complexity index is 149. The van der Waals surface area contributed by atoms with E-state index >= 15 is 0 Å². The van der Waals surface area contributed by atoms with Gasteiger partial charge in [-0.05, 0) is 19.3 Å². The Labute approximate surface area is 88.9 Å². The molecule has 1 fully saturated rings. The molecular weight excluding hydrogens is 209 g/mol. The number of hydrogen-bond acceptors (Lipinski definition) is 0. The average molecular weight is 229 g/mol. The van der Waals surface area contributed by atoms with Gasteiger partial charge in [0.15, 0.2) is 0 Å². The molecule has 1 saturated heterocycles. The van der Waals surface area contributed by atoms with E-state index in [0.29, 0.717) is 0 Å². The first-order valence-electron chi connectivity index (χ1n) is 5.50. The Balaban J connectivity index is 0.000000336. The number of halogens is 4. The van der Waals surface area contributed by atoms with Crippen LogP contribution < -0.4 is 4.90 Å². The van der Waals surface area contributed by atoms with Crippen LogP contribution in [-0.2, 0) is 0 Å². The van der Waals surface area contributed by atoms with Gasteiger partial charge in [0.1, 0.15) is 0 Å². The van der Waals surface area contributed by atoms with Gasteiger partial charge in [0.25, 0.3) is 0 Å². The second-order valence-electron chi connectivity index (χ2n) is 4.40. The molecule has 0 saturated carbocycles. The van der Waals surface area contributed by atoms with Crippen LogP contribution >= 0.6 is 0 Å². The van der Waals surface area contributed by atoms with E-state index in [9.17, 15) is 17.3 Å². The van der Waals surface area contributed by atoms with Crippen LogP contribution in [0.4, 0.5) is 17.3 Å². The van der Waals surface area contributed by atoms with Gasteiger partial charge in [0.2, 0.25) is 0 Å². The summed E-state index contributed by atoms with van der Waals surface area (Å²) in [5, 5.41) is 0. The summed E-state index contributed by atoms with van der Waals surface area (Å²) >= 11 is 0. The third-order valence-corrected chi connectivity index (χ3v) is 2.26. The molecule has 0 spiro atoms. The highest BCUT2D eigenvalue weighted by Gasteiger charge is 2.20. The Kier molecular flexibility index (Phi) is 6.97. The molecule has 1 aliphatic heterocycles. The van der Waals surface area contributed by atoms with Crippen LogP contribution in [0.15, 0.2) is 0 Å². The Morgan fingerprint density at radius 1 is 1.00 bits per heavy atom. The Morgan fingerprint density at radius 2 is 1.40 bits per heavy atom. The van der Waals surface area contributed by atoms with Crippen molar-refractivity contribution in [2.45, 2.75) is 33.1 Å². The molecular formula is C9H20BF4N. The maximum atomic E-state index is 9.75. The highest BCUT2D eigenvalue weighted by Crippen LogP contribution is 2.06. The first-order valence-corrected chi connectivity index (χ1v) is 5.50. The van der Waals surface area contributed by atoms with Crippen molar-refractivity contribution < 1.29 is 22.2 Å². The van der Waals surface area contributed by atoms with Crippen molar-refractivity contribution in [3.8, 4) is 0 Å². The van der Waals surface area contributed by atoms with E-state index < -0.39 is 7.25 Å². The standard InChI is InChI=1S/C9H19N.BF4/c1-9(2)8-10-6-4-3-5-7-10;2-1(3,4)5/h9H,3-8H2,1-2H3;/q;-1/p+1. The predicted octanol–water partition coefficient (Wildman–Crippen LogP) is 2.01. The van der Waals surface area contributed by atoms with Crippen molar-refractivity contribution in [1.82, 2.24) is 0 Å². The second-order valence-corrected chi connectivity index (χ2v) is 4.40. The summed E-state index contributed by atoms with van der Waals surface area (Å²) in [6.07, 6.45) is 4.39. The highest BCUT2D eigenvalue weighted by molar-refractivity contribution is 6.50. The van der Waals surface area contributed by atoms with Crippen LogP contribution in [0.25, 0.3) is 0 Å². The van der Waals surface area contributed by atoms with Gasteiger partial charge in [-0.1, -0.05) is 13.8 Å². The molecule has 0 aromatic carbocycles. The topological polar surface area (TPSA) is 4.44 Å². The fraction of sp³-hybridized carbons (Fsp3) is 1.00. The average Bonchev–Trinajstić information content (AvgIpc) is 2.01. The number of nitrogens with one attached hydrogen (secondary N) is 1. The molecule has 1 heterocycles. The fourth-order valence-electron chi connectivity index (χ4n) is 1.83. The Morgan fingerprint density at radius 3 is 1.73 bits per heavy atom.